The highest BCUT2D eigenvalue weighted by Crippen LogP contribution is 2.21. The zero-order valence-corrected chi connectivity index (χ0v) is 12.9. The molecule has 0 unspecified atom stereocenters. The third-order valence-electron chi connectivity index (χ3n) is 3.29. The van der Waals surface area contributed by atoms with Gasteiger partial charge in [-0.3, -0.25) is 0 Å². The van der Waals surface area contributed by atoms with Gasteiger partial charge >= 0.3 is 0 Å². The minimum absolute atomic E-state index is 1.22. The normalized spacial score (nSPS) is 11.4. The van der Waals surface area contributed by atoms with E-state index >= 15 is 0 Å². The highest BCUT2D eigenvalue weighted by Gasteiger charge is 2.22. The fourth-order valence-corrected chi connectivity index (χ4v) is 6.39. The van der Waals surface area contributed by atoms with Gasteiger partial charge < -0.3 is 0 Å². The van der Waals surface area contributed by atoms with Gasteiger partial charge in [-0.2, -0.15) is 0 Å². The van der Waals surface area contributed by atoms with Crippen LogP contribution < -0.4 is 5.19 Å². The summed E-state index contributed by atoms with van der Waals surface area (Å²) in [5, 5.41) is 1.57. The van der Waals surface area contributed by atoms with E-state index in [1.807, 2.05) is 11.8 Å². The highest BCUT2D eigenvalue weighted by atomic mass is 32.2. The summed E-state index contributed by atoms with van der Waals surface area (Å²) in [7, 11) is -1.25. The molecule has 0 heterocycles. The quantitative estimate of drug-likeness (QED) is 0.574. The molecule has 0 fully saturated rings. The van der Waals surface area contributed by atoms with Crippen molar-refractivity contribution in [2.45, 2.75) is 24.0 Å². The van der Waals surface area contributed by atoms with E-state index in [1.165, 1.54) is 16.7 Å². The Morgan fingerprint density at radius 1 is 0.833 bits per heavy atom. The summed E-state index contributed by atoms with van der Waals surface area (Å²) in [4.78, 5) is 1.38. The molecule has 0 aromatic heterocycles. The highest BCUT2D eigenvalue weighted by molar-refractivity contribution is 7.99. The molecule has 2 aromatic carbocycles. The molecule has 0 aliphatic rings. The fourth-order valence-electron chi connectivity index (χ4n) is 1.97. The molecule has 2 aromatic rings. The molecule has 0 aliphatic heterocycles. The van der Waals surface area contributed by atoms with Crippen LogP contribution >= 0.6 is 11.8 Å². The van der Waals surface area contributed by atoms with Gasteiger partial charge in [0.25, 0.3) is 0 Å². The zero-order valence-electron chi connectivity index (χ0n) is 11.1. The first kappa shape index (κ1) is 13.4. The van der Waals surface area contributed by atoms with Crippen molar-refractivity contribution in [3.63, 3.8) is 0 Å². The molecular weight excluding hydrogens is 252 g/mol. The second-order valence-electron chi connectivity index (χ2n) is 5.16. The lowest BCUT2D eigenvalue weighted by Gasteiger charge is -2.22. The van der Waals surface area contributed by atoms with Gasteiger partial charge in [0.05, 0.1) is 8.07 Å². The molecule has 0 saturated carbocycles. The number of thioether (sulfide) groups is 1. The van der Waals surface area contributed by atoms with Gasteiger partial charge in [0.1, 0.15) is 0 Å². The van der Waals surface area contributed by atoms with Gasteiger partial charge in [-0.05, 0) is 23.9 Å². The Morgan fingerprint density at radius 3 is 2.00 bits per heavy atom. The van der Waals surface area contributed by atoms with Crippen molar-refractivity contribution in [1.29, 1.82) is 0 Å². The summed E-state index contributed by atoms with van der Waals surface area (Å²) in [6.07, 6.45) is 0. The lowest BCUT2D eigenvalue weighted by molar-refractivity contribution is 1.37. The average molecular weight is 272 g/mol. The summed E-state index contributed by atoms with van der Waals surface area (Å²) in [6.45, 7) is 4.93. The van der Waals surface area contributed by atoms with Crippen LogP contribution in [0.5, 0.6) is 0 Å². The van der Waals surface area contributed by atoms with Crippen LogP contribution in [-0.4, -0.2) is 13.8 Å². The fraction of sp³-hybridized carbons (Fsp3) is 0.250. The molecule has 0 aliphatic carbocycles. The second kappa shape index (κ2) is 6.25. The standard InChI is InChI=1S/C16H20SSi/c1-18(2,16-11-7-4-8-12-16)14-13-17-15-9-5-3-6-10-15/h3-12H,13-14H2,1-2H3. The van der Waals surface area contributed by atoms with Crippen LogP contribution in [0, 0.1) is 0 Å². The number of benzene rings is 2. The van der Waals surface area contributed by atoms with Gasteiger partial charge in [0.2, 0.25) is 0 Å². The lowest BCUT2D eigenvalue weighted by atomic mass is 10.4. The maximum Gasteiger partial charge on any atom is 0.0814 e. The maximum atomic E-state index is 2.47. The molecule has 0 N–H and O–H groups in total. The Balaban J connectivity index is 1.90. The first-order valence-electron chi connectivity index (χ1n) is 6.42. The molecule has 0 nitrogen and oxygen atoms in total. The van der Waals surface area contributed by atoms with Crippen molar-refractivity contribution in [3.05, 3.63) is 60.7 Å². The van der Waals surface area contributed by atoms with E-state index in [1.54, 1.807) is 5.19 Å². The average Bonchev–Trinajstić information content (AvgIpc) is 2.41. The van der Waals surface area contributed by atoms with E-state index in [0.717, 1.165) is 0 Å². The van der Waals surface area contributed by atoms with Crippen molar-refractivity contribution >= 4 is 25.0 Å². The van der Waals surface area contributed by atoms with E-state index < -0.39 is 8.07 Å². The molecule has 0 radical (unpaired) electrons. The van der Waals surface area contributed by atoms with E-state index in [4.69, 9.17) is 0 Å². The third kappa shape index (κ3) is 3.75. The number of hydrogen-bond donors (Lipinski definition) is 0. The van der Waals surface area contributed by atoms with E-state index in [2.05, 4.69) is 73.8 Å². The summed E-state index contributed by atoms with van der Waals surface area (Å²) in [5.41, 5.74) is 0. The minimum atomic E-state index is -1.25. The van der Waals surface area contributed by atoms with Crippen molar-refractivity contribution < 1.29 is 0 Å². The van der Waals surface area contributed by atoms with E-state index in [-0.39, 0.29) is 0 Å². The molecule has 18 heavy (non-hydrogen) atoms. The van der Waals surface area contributed by atoms with Crippen LogP contribution in [0.2, 0.25) is 19.1 Å². The lowest BCUT2D eigenvalue weighted by Crippen LogP contribution is -2.41. The summed E-state index contributed by atoms with van der Waals surface area (Å²) in [6, 6.07) is 23.0. The SMILES string of the molecule is C[Si](C)(CCSc1ccccc1)c1ccccc1. The van der Waals surface area contributed by atoms with Gasteiger partial charge in [-0.1, -0.05) is 66.8 Å². The van der Waals surface area contributed by atoms with Gasteiger partial charge in [-0.25, -0.2) is 0 Å². The molecule has 0 bridgehead atoms. The minimum Gasteiger partial charge on any atom is -0.126 e. The van der Waals surface area contributed by atoms with Crippen LogP contribution in [0.1, 0.15) is 0 Å². The first-order chi connectivity index (χ1) is 8.68. The van der Waals surface area contributed by atoms with E-state index in [0.29, 0.717) is 0 Å². The Kier molecular flexibility index (Phi) is 4.67. The predicted octanol–water partition coefficient (Wildman–Crippen LogP) is 4.39. The van der Waals surface area contributed by atoms with E-state index in [9.17, 15) is 0 Å². The Morgan fingerprint density at radius 2 is 1.39 bits per heavy atom. The molecule has 0 spiro atoms. The zero-order chi connectivity index (χ0) is 12.8. The van der Waals surface area contributed by atoms with Crippen molar-refractivity contribution in [2.24, 2.45) is 0 Å². The molecular formula is C16H20SSi. The smallest absolute Gasteiger partial charge is 0.0814 e. The number of hydrogen-bond acceptors (Lipinski definition) is 1. The van der Waals surface area contributed by atoms with Gasteiger partial charge in [0.15, 0.2) is 0 Å². The molecule has 0 atom stereocenters. The van der Waals surface area contributed by atoms with Crippen LogP contribution in [0.4, 0.5) is 0 Å². The summed E-state index contributed by atoms with van der Waals surface area (Å²) < 4.78 is 0. The molecule has 2 rings (SSSR count). The molecule has 0 amide bonds. The maximum absolute atomic E-state index is 2.47. The molecule has 94 valence electrons. The third-order valence-corrected chi connectivity index (χ3v) is 8.07. The largest absolute Gasteiger partial charge is 0.126 e. The van der Waals surface area contributed by atoms with Crippen LogP contribution in [0.25, 0.3) is 0 Å². The second-order valence-corrected chi connectivity index (χ2v) is 11.2. The summed E-state index contributed by atoms with van der Waals surface area (Å²) >= 11 is 1.98. The topological polar surface area (TPSA) is 0 Å². The van der Waals surface area contributed by atoms with Crippen LogP contribution in [-0.2, 0) is 0 Å². The Bertz CT molecular complexity index is 465. The van der Waals surface area contributed by atoms with Crippen LogP contribution in [0.3, 0.4) is 0 Å². The molecule has 2 heteroatoms. The Hall–Kier alpha value is -0.993. The van der Waals surface area contributed by atoms with Gasteiger partial charge in [-0.15, -0.1) is 11.8 Å². The molecule has 0 saturated heterocycles. The van der Waals surface area contributed by atoms with Crippen molar-refractivity contribution in [1.82, 2.24) is 0 Å². The van der Waals surface area contributed by atoms with Crippen molar-refractivity contribution in [2.75, 3.05) is 5.75 Å². The number of rotatable bonds is 5. The van der Waals surface area contributed by atoms with Gasteiger partial charge in [0, 0.05) is 4.90 Å². The monoisotopic (exact) mass is 272 g/mol. The first-order valence-corrected chi connectivity index (χ1v) is 10.6. The van der Waals surface area contributed by atoms with Crippen molar-refractivity contribution in [3.8, 4) is 0 Å². The van der Waals surface area contributed by atoms with Crippen LogP contribution in [0.15, 0.2) is 65.6 Å². The predicted molar refractivity (Wildman–Crippen MR) is 85.5 cm³/mol. The summed E-state index contributed by atoms with van der Waals surface area (Å²) in [5.74, 6) is 1.22. The Labute approximate surface area is 115 Å².